The van der Waals surface area contributed by atoms with Crippen molar-refractivity contribution in [3.05, 3.63) is 60.5 Å². The van der Waals surface area contributed by atoms with Gasteiger partial charge in [0.1, 0.15) is 89.5 Å². The van der Waals surface area contributed by atoms with Crippen LogP contribution in [0.1, 0.15) is 32.1 Å². The van der Waals surface area contributed by atoms with Crippen LogP contribution in [0, 0.1) is 5.82 Å². The van der Waals surface area contributed by atoms with Gasteiger partial charge in [0.25, 0.3) is 5.79 Å². The highest BCUT2D eigenvalue weighted by Crippen LogP contribution is 2.42. The molecule has 800 valence electrons. The molecule has 6 aliphatic heterocycles. The summed E-state index contributed by atoms with van der Waals surface area (Å²) in [5.74, 6) is -12.0. The van der Waals surface area contributed by atoms with E-state index in [1.807, 2.05) is 0 Å². The van der Waals surface area contributed by atoms with Gasteiger partial charge in [0, 0.05) is 56.8 Å². The summed E-state index contributed by atoms with van der Waals surface area (Å²) in [5, 5.41) is 97.8. The molecule has 0 saturated carbocycles. The van der Waals surface area contributed by atoms with E-state index in [4.69, 9.17) is 114 Å². The number of hydrogen-bond donors (Lipinski definition) is 14. The van der Waals surface area contributed by atoms with E-state index in [0.29, 0.717) is 33.7 Å². The largest absolute Gasteiger partial charge is 0.505 e. The second-order valence-corrected chi connectivity index (χ2v) is 32.6. The molecule has 6 bridgehead atoms. The molecule has 8 heterocycles. The van der Waals surface area contributed by atoms with Gasteiger partial charge >= 0.3 is 36.3 Å². The molecule has 6 saturated heterocycles. The molecule has 0 unspecified atom stereocenters. The number of carbonyl (C=O) groups excluding carboxylic acids is 7. The zero-order valence-corrected chi connectivity index (χ0v) is 76.6. The second-order valence-electron chi connectivity index (χ2n) is 32.6. The fraction of sp³-hybridized carbons (Fsp3) is 0.714. The maximum Gasteiger partial charge on any atom is 0.471 e. The van der Waals surface area contributed by atoms with Crippen molar-refractivity contribution in [2.24, 2.45) is 0 Å². The van der Waals surface area contributed by atoms with Gasteiger partial charge in [-0.1, -0.05) is 11.3 Å². The summed E-state index contributed by atoms with van der Waals surface area (Å²) in [6.07, 6.45) is -30.7. The SMILES string of the molecule is O=C(CCOCC(COCCC(=O)NCCOCCOCCOCCOC[C@@]12CO[C@@H](O1)[C@H](NC(=O)C(F)(F)F)[C@@H](O)[C@H]2O)(COCCC(=O)NCCOCCOCCOCCOC[C@@]12OO[C@@H](O1)[C@H](NC(=O)C(F)(F)F)[C@@H](O)[C@H]2O)NC(=O)CCCOc1ccc2nc(-c3cn(-c4ccc(O)c(F)c4)nn3)ccc2c1)NCCOCCOCCOCCOC[C@@]12CO[C@@H](O1)[C@H](NC(=O)C(F)(F)F)[C@@H](O)[C@H]2O. The number of fused-ring (bicyclic) bond motifs is 7. The number of phenolic OH excluding ortho intramolecular Hbond substituents is 1. The summed E-state index contributed by atoms with van der Waals surface area (Å²) in [6.45, 7) is -1.48. The minimum atomic E-state index is -5.30. The third kappa shape index (κ3) is 35.5. The number of nitrogens with zero attached hydrogens (tertiary/aromatic N) is 4. The van der Waals surface area contributed by atoms with Crippen molar-refractivity contribution in [2.45, 2.75) is 147 Å². The Morgan fingerprint density at radius 3 is 1.27 bits per heavy atom. The van der Waals surface area contributed by atoms with Crippen molar-refractivity contribution < 1.29 is 222 Å². The minimum absolute atomic E-state index is 0.00524. The Balaban J connectivity index is 0.646. The minimum Gasteiger partial charge on any atom is -0.505 e. The highest BCUT2D eigenvalue weighted by molar-refractivity contribution is 5.84. The van der Waals surface area contributed by atoms with Crippen molar-refractivity contribution in [3.8, 4) is 28.6 Å². The van der Waals surface area contributed by atoms with Crippen molar-refractivity contribution in [2.75, 3.05) is 238 Å². The average molecular weight is 2060 g/mol. The van der Waals surface area contributed by atoms with E-state index in [1.165, 1.54) is 22.1 Å². The molecule has 15 atom stereocenters. The first-order valence-corrected chi connectivity index (χ1v) is 45.0. The zero-order chi connectivity index (χ0) is 102. The highest BCUT2D eigenvalue weighted by atomic mass is 19.4. The van der Waals surface area contributed by atoms with Crippen LogP contribution < -0.4 is 42.0 Å². The van der Waals surface area contributed by atoms with E-state index in [9.17, 15) is 113 Å². The molecule has 0 radical (unpaired) electrons. The van der Waals surface area contributed by atoms with Gasteiger partial charge in [-0.25, -0.2) is 14.1 Å². The normalized spacial score (nSPS) is 24.2. The molecule has 2 aromatic heterocycles. The third-order valence-corrected chi connectivity index (χ3v) is 21.9. The highest BCUT2D eigenvalue weighted by Gasteiger charge is 2.65. The molecule has 0 spiro atoms. The van der Waals surface area contributed by atoms with Crippen LogP contribution in [0.25, 0.3) is 28.0 Å². The van der Waals surface area contributed by atoms with E-state index < -0.39 is 174 Å². The number of aromatic nitrogens is 4. The number of amides is 7. The third-order valence-electron chi connectivity index (χ3n) is 21.9. The zero-order valence-electron chi connectivity index (χ0n) is 76.6. The predicted molar refractivity (Wildman–Crippen MR) is 451 cm³/mol. The molecular weight excluding hydrogens is 1940 g/mol. The molecule has 58 heteroatoms. The standard InChI is InChI=1S/C84H117F10N11O37/c85-54-41-52(4-8-58(54)106)105-42-57(103-104-105)56-6-3-51-40-53(5-7-55(51)98-56)135-15-1-2-62(110)102-78(43-129-16-9-59(107)95-12-19-120-22-25-123-28-31-126-34-37-132-46-79-48-136-72(138-79)63(66(111)69(79)114)99-75(117)82(86,87)88,44-130-17-10-60(108)96-13-20-121-23-26-124-29-32-127-35-38-133-47-80-49-137-73(139-80)64(67(112)70(80)115)100-76(118)83(89,90)91)45-131-18-11-61(109)97-14-21-122-24-27-125-30-33-128-36-39-134-50-81-71(116)68(113)65(74(140-81)141-142-81)101-77(119)84(92,93)94/h3-8,40-42,63-74,106,111-116H,1-2,9-39,43-50H2,(H,95,107)(H,96,108)(H,97,109)(H,99,117)(H,100,118)(H,101,119)(H,102,110)/t63-,64-,65-,66-,67-,68-,69-,70-,71-,72+,73+,74-,79+,80+,81+/m1/s1. The molecule has 48 nitrogen and oxygen atoms in total. The number of nitrogens with one attached hydrogen (secondary N) is 7. The van der Waals surface area contributed by atoms with Crippen LogP contribution in [0.15, 0.2) is 54.7 Å². The number of phenols is 1. The Labute approximate surface area is 802 Å². The van der Waals surface area contributed by atoms with E-state index in [-0.39, 0.29) is 263 Å². The molecule has 14 N–H and O–H groups in total. The Kier molecular flexibility index (Phi) is 45.9. The lowest BCUT2D eigenvalue weighted by molar-refractivity contribution is -0.358. The monoisotopic (exact) mass is 2060 g/mol. The van der Waals surface area contributed by atoms with Crippen molar-refractivity contribution in [1.82, 2.24) is 57.2 Å². The lowest BCUT2D eigenvalue weighted by Crippen LogP contribution is -2.67. The summed E-state index contributed by atoms with van der Waals surface area (Å²) < 4.78 is 249. The summed E-state index contributed by atoms with van der Waals surface area (Å²) in [4.78, 5) is 103. The van der Waals surface area contributed by atoms with Crippen molar-refractivity contribution >= 4 is 52.3 Å². The number of hydrogen-bond acceptors (Lipinski definition) is 40. The molecule has 4 aromatic rings. The molecule has 142 heavy (non-hydrogen) atoms. The first-order chi connectivity index (χ1) is 67.9. The average Bonchev–Trinajstić information content (AvgIpc) is 1.60. The fourth-order valence-electron chi connectivity index (χ4n) is 14.4. The number of carbonyl (C=O) groups is 7. The van der Waals surface area contributed by atoms with Gasteiger partial charge in [0.2, 0.25) is 29.9 Å². The first kappa shape index (κ1) is 115. The lowest BCUT2D eigenvalue weighted by atomic mass is 9.88. The number of benzene rings is 2. The lowest BCUT2D eigenvalue weighted by Gasteiger charge is -2.42. The number of alkyl halides is 9. The van der Waals surface area contributed by atoms with Crippen LogP contribution in [0.3, 0.4) is 0 Å². The van der Waals surface area contributed by atoms with Gasteiger partial charge < -0.3 is 172 Å². The topological polar surface area (TPSA) is 601 Å². The van der Waals surface area contributed by atoms with E-state index >= 15 is 0 Å². The molecule has 6 fully saturated rings. The number of halogens is 10. The fourth-order valence-corrected chi connectivity index (χ4v) is 14.4. The van der Waals surface area contributed by atoms with E-state index in [0.717, 1.165) is 6.07 Å². The Bertz CT molecular complexity index is 4290. The van der Waals surface area contributed by atoms with Gasteiger partial charge in [-0.3, -0.25) is 33.6 Å². The number of aliphatic hydroxyl groups excluding tert-OH is 6. The van der Waals surface area contributed by atoms with Crippen LogP contribution in [0.5, 0.6) is 11.5 Å². The van der Waals surface area contributed by atoms with E-state index in [1.54, 1.807) is 47.2 Å². The first-order valence-electron chi connectivity index (χ1n) is 45.0. The van der Waals surface area contributed by atoms with Gasteiger partial charge in [0.15, 0.2) is 24.1 Å². The Morgan fingerprint density at radius 1 is 0.430 bits per heavy atom. The van der Waals surface area contributed by atoms with E-state index in [2.05, 4.69) is 31.6 Å². The molecule has 0 aliphatic carbocycles. The number of rotatable bonds is 68. The summed E-state index contributed by atoms with van der Waals surface area (Å²) in [6, 6.07) is 7.18. The Hall–Kier alpha value is -8.94. The van der Waals surface area contributed by atoms with Gasteiger partial charge in [-0.2, -0.15) is 49.3 Å². The summed E-state index contributed by atoms with van der Waals surface area (Å²) in [5.41, 5.74) is -3.06. The quantitative estimate of drug-likeness (QED) is 0.0117. The van der Waals surface area contributed by atoms with Crippen LogP contribution in [0.2, 0.25) is 0 Å². The molecule has 7 amide bonds. The van der Waals surface area contributed by atoms with Crippen LogP contribution in [-0.2, 0) is 138 Å². The van der Waals surface area contributed by atoms with Crippen LogP contribution in [0.4, 0.5) is 43.9 Å². The molecule has 6 aliphatic rings. The number of ether oxygens (including phenoxy) is 21. The van der Waals surface area contributed by atoms with Crippen LogP contribution in [-0.4, -0.2) is 449 Å². The number of aliphatic hydroxyl groups is 6. The summed E-state index contributed by atoms with van der Waals surface area (Å²) in [7, 11) is 0. The van der Waals surface area contributed by atoms with Gasteiger partial charge in [0.05, 0.1) is 235 Å². The smallest absolute Gasteiger partial charge is 0.471 e. The van der Waals surface area contributed by atoms with Crippen molar-refractivity contribution in [3.63, 3.8) is 0 Å². The Morgan fingerprint density at radius 2 is 0.838 bits per heavy atom. The number of aromatic hydroxyl groups is 1. The predicted octanol–water partition coefficient (Wildman–Crippen LogP) is -3.32. The molecule has 2 aromatic carbocycles. The maximum atomic E-state index is 14.2. The maximum absolute atomic E-state index is 14.2. The number of pyridine rings is 1. The van der Waals surface area contributed by atoms with Crippen LogP contribution >= 0.6 is 0 Å². The second kappa shape index (κ2) is 56.7. The van der Waals surface area contributed by atoms with Gasteiger partial charge in [-0.15, -0.1) is 5.10 Å². The summed E-state index contributed by atoms with van der Waals surface area (Å²) >= 11 is 0. The van der Waals surface area contributed by atoms with Crippen molar-refractivity contribution in [1.29, 1.82) is 0 Å². The van der Waals surface area contributed by atoms with Gasteiger partial charge in [-0.05, 0) is 42.8 Å². The molecular formula is C84H117F10N11O37. The molecule has 10 rings (SSSR count).